The third kappa shape index (κ3) is 4.08. The van der Waals surface area contributed by atoms with Crippen LogP contribution in [0.1, 0.15) is 12.8 Å². The van der Waals surface area contributed by atoms with E-state index in [9.17, 15) is 8.42 Å². The van der Waals surface area contributed by atoms with Gasteiger partial charge >= 0.3 is 0 Å². The Balaban J connectivity index is 1.53. The third-order valence-corrected chi connectivity index (χ3v) is 6.31. The molecule has 3 rings (SSSR count). The minimum atomic E-state index is -3.44. The van der Waals surface area contributed by atoms with E-state index < -0.39 is 10.0 Å². The molecule has 3 heterocycles. The van der Waals surface area contributed by atoms with Crippen molar-refractivity contribution < 1.29 is 8.42 Å². The Bertz CT molecular complexity index is 762. The minimum absolute atomic E-state index is 0.254. The second-order valence-electron chi connectivity index (χ2n) is 5.64. The molecule has 1 saturated heterocycles. The summed E-state index contributed by atoms with van der Waals surface area (Å²) in [4.78, 5) is 12.5. The van der Waals surface area contributed by atoms with Crippen LogP contribution in [0.4, 0.5) is 5.95 Å². The SMILES string of the molecule is O=S(=O)(c1cccnc1)N1CCC(CNc2ncc(Br)cn2)CC1. The summed E-state index contributed by atoms with van der Waals surface area (Å²) in [5.41, 5.74) is 0. The Morgan fingerprint density at radius 2 is 1.92 bits per heavy atom. The zero-order valence-electron chi connectivity index (χ0n) is 13.0. The van der Waals surface area contributed by atoms with Gasteiger partial charge in [-0.25, -0.2) is 18.4 Å². The number of piperidine rings is 1. The van der Waals surface area contributed by atoms with Crippen LogP contribution in [0.15, 0.2) is 46.3 Å². The molecule has 0 radical (unpaired) electrons. The summed E-state index contributed by atoms with van der Waals surface area (Å²) in [5.74, 6) is 0.987. The third-order valence-electron chi connectivity index (χ3n) is 4.01. The number of anilines is 1. The molecule has 1 N–H and O–H groups in total. The van der Waals surface area contributed by atoms with E-state index in [1.54, 1.807) is 30.7 Å². The lowest BCUT2D eigenvalue weighted by molar-refractivity contribution is 0.282. The van der Waals surface area contributed by atoms with Gasteiger partial charge < -0.3 is 5.32 Å². The lowest BCUT2D eigenvalue weighted by Gasteiger charge is -2.31. The van der Waals surface area contributed by atoms with Crippen molar-refractivity contribution >= 4 is 31.9 Å². The van der Waals surface area contributed by atoms with E-state index >= 15 is 0 Å². The number of hydrogen-bond donors (Lipinski definition) is 1. The van der Waals surface area contributed by atoms with Gasteiger partial charge in [-0.3, -0.25) is 4.98 Å². The summed E-state index contributed by atoms with van der Waals surface area (Å²) in [6.45, 7) is 1.78. The van der Waals surface area contributed by atoms with Crippen LogP contribution in [0.5, 0.6) is 0 Å². The molecule has 9 heteroatoms. The molecule has 2 aromatic rings. The predicted molar refractivity (Wildman–Crippen MR) is 93.9 cm³/mol. The first kappa shape index (κ1) is 17.2. The maximum Gasteiger partial charge on any atom is 0.244 e. The molecule has 0 atom stereocenters. The summed E-state index contributed by atoms with van der Waals surface area (Å²) < 4.78 is 27.5. The minimum Gasteiger partial charge on any atom is -0.354 e. The first-order valence-electron chi connectivity index (χ1n) is 7.67. The summed E-state index contributed by atoms with van der Waals surface area (Å²) in [7, 11) is -3.44. The molecule has 1 aliphatic rings. The van der Waals surface area contributed by atoms with E-state index in [1.165, 1.54) is 10.5 Å². The van der Waals surface area contributed by atoms with Gasteiger partial charge in [-0.05, 0) is 46.8 Å². The Kier molecular flexibility index (Phi) is 5.42. The van der Waals surface area contributed by atoms with Crippen molar-refractivity contribution in [3.8, 4) is 0 Å². The van der Waals surface area contributed by atoms with Crippen LogP contribution < -0.4 is 5.32 Å². The number of sulfonamides is 1. The molecule has 1 aliphatic heterocycles. The fourth-order valence-corrected chi connectivity index (χ4v) is 4.28. The van der Waals surface area contributed by atoms with Crippen molar-refractivity contribution in [1.29, 1.82) is 0 Å². The topological polar surface area (TPSA) is 88.1 Å². The van der Waals surface area contributed by atoms with Crippen LogP contribution in [0.2, 0.25) is 0 Å². The highest BCUT2D eigenvalue weighted by Gasteiger charge is 2.29. The van der Waals surface area contributed by atoms with Crippen LogP contribution in [-0.2, 0) is 10.0 Å². The Morgan fingerprint density at radius 3 is 2.54 bits per heavy atom. The van der Waals surface area contributed by atoms with Crippen LogP contribution >= 0.6 is 15.9 Å². The van der Waals surface area contributed by atoms with Crippen LogP contribution in [0.25, 0.3) is 0 Å². The Hall–Kier alpha value is -1.58. The predicted octanol–water partition coefficient (Wildman–Crippen LogP) is 2.15. The van der Waals surface area contributed by atoms with Crippen molar-refractivity contribution in [2.24, 2.45) is 5.92 Å². The molecule has 1 fully saturated rings. The Labute approximate surface area is 149 Å². The monoisotopic (exact) mass is 411 g/mol. The first-order chi connectivity index (χ1) is 11.6. The molecule has 0 unspecified atom stereocenters. The normalized spacial score (nSPS) is 16.9. The number of pyridine rings is 1. The zero-order valence-corrected chi connectivity index (χ0v) is 15.4. The van der Waals surface area contributed by atoms with Gasteiger partial charge in [-0.15, -0.1) is 0 Å². The van der Waals surface area contributed by atoms with Crippen LogP contribution in [0, 0.1) is 5.92 Å². The molecule has 0 bridgehead atoms. The van der Waals surface area contributed by atoms with Crippen molar-refractivity contribution in [2.75, 3.05) is 25.0 Å². The quantitative estimate of drug-likeness (QED) is 0.810. The summed E-state index contributed by atoms with van der Waals surface area (Å²) in [6, 6.07) is 3.22. The van der Waals surface area contributed by atoms with Gasteiger partial charge in [0, 0.05) is 44.4 Å². The molecule has 2 aromatic heterocycles. The zero-order chi connectivity index (χ0) is 17.0. The maximum absolute atomic E-state index is 12.6. The standard InChI is InChI=1S/C15H18BrN5O2S/c16-13-9-19-15(20-10-13)18-8-12-3-6-21(7-4-12)24(22,23)14-2-1-5-17-11-14/h1-2,5,9-12H,3-4,6-8H2,(H,18,19,20). The molecule has 0 saturated carbocycles. The van der Waals surface area contributed by atoms with Gasteiger partial charge in [-0.2, -0.15) is 4.31 Å². The summed E-state index contributed by atoms with van der Waals surface area (Å²) in [5, 5.41) is 3.21. The van der Waals surface area contributed by atoms with Gasteiger partial charge in [0.05, 0.1) is 4.47 Å². The number of rotatable bonds is 5. The highest BCUT2D eigenvalue weighted by atomic mass is 79.9. The first-order valence-corrected chi connectivity index (χ1v) is 9.90. The number of nitrogens with zero attached hydrogens (tertiary/aromatic N) is 4. The van der Waals surface area contributed by atoms with E-state index in [0.29, 0.717) is 25.0 Å². The van der Waals surface area contributed by atoms with Gasteiger partial charge in [0.2, 0.25) is 16.0 Å². The molecular formula is C15H18BrN5O2S. The fourth-order valence-electron chi connectivity index (χ4n) is 2.64. The van der Waals surface area contributed by atoms with E-state index in [-0.39, 0.29) is 4.90 Å². The Morgan fingerprint density at radius 1 is 1.21 bits per heavy atom. The number of halogens is 1. The number of aromatic nitrogens is 3. The lowest BCUT2D eigenvalue weighted by Crippen LogP contribution is -2.39. The molecule has 24 heavy (non-hydrogen) atoms. The average molecular weight is 412 g/mol. The average Bonchev–Trinajstić information content (AvgIpc) is 2.62. The van der Waals surface area contributed by atoms with E-state index in [0.717, 1.165) is 23.9 Å². The van der Waals surface area contributed by atoms with Gasteiger partial charge in [0.25, 0.3) is 0 Å². The van der Waals surface area contributed by atoms with Crippen molar-refractivity contribution in [3.05, 3.63) is 41.4 Å². The molecule has 0 spiro atoms. The lowest BCUT2D eigenvalue weighted by atomic mass is 9.98. The molecule has 128 valence electrons. The second kappa shape index (κ2) is 7.54. The second-order valence-corrected chi connectivity index (χ2v) is 8.50. The number of hydrogen-bond acceptors (Lipinski definition) is 6. The van der Waals surface area contributed by atoms with E-state index in [1.807, 2.05) is 0 Å². The van der Waals surface area contributed by atoms with Crippen molar-refractivity contribution in [3.63, 3.8) is 0 Å². The van der Waals surface area contributed by atoms with Gasteiger partial charge in [0.15, 0.2) is 0 Å². The van der Waals surface area contributed by atoms with E-state index in [2.05, 4.69) is 36.2 Å². The molecule has 7 nitrogen and oxygen atoms in total. The highest BCUT2D eigenvalue weighted by molar-refractivity contribution is 9.10. The van der Waals surface area contributed by atoms with Crippen LogP contribution in [0.3, 0.4) is 0 Å². The van der Waals surface area contributed by atoms with Crippen molar-refractivity contribution in [1.82, 2.24) is 19.3 Å². The van der Waals surface area contributed by atoms with Gasteiger partial charge in [-0.1, -0.05) is 0 Å². The molecule has 0 aliphatic carbocycles. The molecular weight excluding hydrogens is 394 g/mol. The van der Waals surface area contributed by atoms with Crippen molar-refractivity contribution in [2.45, 2.75) is 17.7 Å². The molecule has 0 aromatic carbocycles. The molecule has 0 amide bonds. The fraction of sp³-hybridized carbons (Fsp3) is 0.400. The maximum atomic E-state index is 12.6. The van der Waals surface area contributed by atoms with Gasteiger partial charge in [0.1, 0.15) is 4.90 Å². The number of nitrogens with one attached hydrogen (secondary N) is 1. The smallest absolute Gasteiger partial charge is 0.244 e. The van der Waals surface area contributed by atoms with E-state index in [4.69, 9.17) is 0 Å². The summed E-state index contributed by atoms with van der Waals surface area (Å²) >= 11 is 3.30. The van der Waals surface area contributed by atoms with Crippen LogP contribution in [-0.4, -0.2) is 47.3 Å². The summed E-state index contributed by atoms with van der Waals surface area (Å²) in [6.07, 6.45) is 7.97. The highest BCUT2D eigenvalue weighted by Crippen LogP contribution is 2.23. The largest absolute Gasteiger partial charge is 0.354 e.